The molecule has 4 heteroatoms. The number of hydrogen-bond acceptors (Lipinski definition) is 3. The summed E-state index contributed by atoms with van der Waals surface area (Å²) in [5.74, 6) is 0.121. The number of amides is 1. The van der Waals surface area contributed by atoms with E-state index >= 15 is 0 Å². The van der Waals surface area contributed by atoms with Crippen molar-refractivity contribution in [3.05, 3.63) is 35.4 Å². The summed E-state index contributed by atoms with van der Waals surface area (Å²) in [4.78, 5) is 14.3. The van der Waals surface area contributed by atoms with Crippen LogP contribution in [0.25, 0.3) is 0 Å². The highest BCUT2D eigenvalue weighted by molar-refractivity contribution is 5.78. The van der Waals surface area contributed by atoms with Gasteiger partial charge in [0.2, 0.25) is 5.91 Å². The topological polar surface area (TPSA) is 44.4 Å². The van der Waals surface area contributed by atoms with Crippen molar-refractivity contribution in [2.24, 2.45) is 0 Å². The van der Waals surface area contributed by atoms with Crippen LogP contribution in [0, 0.1) is 6.92 Å². The number of piperazine rings is 1. The Morgan fingerprint density at radius 1 is 1.35 bits per heavy atom. The van der Waals surface area contributed by atoms with Crippen LogP contribution in [0.1, 0.15) is 17.5 Å². The zero-order valence-corrected chi connectivity index (χ0v) is 12.3. The van der Waals surface area contributed by atoms with Crippen LogP contribution in [0.3, 0.4) is 0 Å². The molecule has 1 aliphatic rings. The van der Waals surface area contributed by atoms with E-state index < -0.39 is 0 Å². The first-order valence-corrected chi connectivity index (χ1v) is 7.49. The van der Waals surface area contributed by atoms with E-state index in [1.807, 2.05) is 12.1 Å². The third-order valence-electron chi connectivity index (χ3n) is 3.63. The van der Waals surface area contributed by atoms with Crippen molar-refractivity contribution in [2.45, 2.75) is 19.8 Å². The Labute approximate surface area is 121 Å². The van der Waals surface area contributed by atoms with Crippen molar-refractivity contribution >= 4 is 5.91 Å². The third kappa shape index (κ3) is 5.31. The number of carbonyl (C=O) groups excluding carboxylic acids is 1. The maximum atomic E-state index is 11.8. The molecule has 0 unspecified atom stereocenters. The fourth-order valence-electron chi connectivity index (χ4n) is 2.54. The van der Waals surface area contributed by atoms with Gasteiger partial charge in [-0.3, -0.25) is 4.79 Å². The maximum absolute atomic E-state index is 11.8. The summed E-state index contributed by atoms with van der Waals surface area (Å²) in [6, 6.07) is 8.13. The van der Waals surface area contributed by atoms with Gasteiger partial charge in [-0.15, -0.1) is 0 Å². The van der Waals surface area contributed by atoms with Gasteiger partial charge in [-0.05, 0) is 25.5 Å². The lowest BCUT2D eigenvalue weighted by atomic mass is 10.1. The van der Waals surface area contributed by atoms with Crippen LogP contribution < -0.4 is 10.6 Å². The molecule has 0 aliphatic carbocycles. The zero-order chi connectivity index (χ0) is 14.2. The van der Waals surface area contributed by atoms with E-state index in [4.69, 9.17) is 0 Å². The molecule has 1 aromatic carbocycles. The van der Waals surface area contributed by atoms with Gasteiger partial charge in [-0.25, -0.2) is 0 Å². The standard InChI is InChI=1S/C16H25N3O/c1-14-4-2-5-15(12-14)13-16(20)18-6-3-9-19-10-7-17-8-11-19/h2,4-5,12,17H,3,6-11,13H2,1H3,(H,18,20). The Morgan fingerprint density at radius 2 is 2.15 bits per heavy atom. The van der Waals surface area contributed by atoms with E-state index in [2.05, 4.69) is 34.6 Å². The van der Waals surface area contributed by atoms with Crippen LogP contribution in [-0.4, -0.2) is 50.1 Å². The summed E-state index contributed by atoms with van der Waals surface area (Å²) < 4.78 is 0. The Balaban J connectivity index is 1.60. The Bertz CT molecular complexity index is 427. The normalized spacial score (nSPS) is 16.1. The predicted octanol–water partition coefficient (Wildman–Crippen LogP) is 0.949. The van der Waals surface area contributed by atoms with Crippen LogP contribution in [0.15, 0.2) is 24.3 Å². The average Bonchev–Trinajstić information content (AvgIpc) is 2.45. The summed E-state index contributed by atoms with van der Waals surface area (Å²) in [6.07, 6.45) is 1.51. The van der Waals surface area contributed by atoms with Gasteiger partial charge < -0.3 is 15.5 Å². The highest BCUT2D eigenvalue weighted by Crippen LogP contribution is 2.04. The molecule has 1 fully saturated rings. The minimum absolute atomic E-state index is 0.121. The lowest BCUT2D eigenvalue weighted by Gasteiger charge is -2.27. The SMILES string of the molecule is Cc1cccc(CC(=O)NCCCN2CCNCC2)c1. The van der Waals surface area contributed by atoms with Gasteiger partial charge in [0.1, 0.15) is 0 Å². The van der Waals surface area contributed by atoms with Crippen LogP contribution >= 0.6 is 0 Å². The Kier molecular flexibility index (Phi) is 6.02. The molecule has 0 spiro atoms. The molecule has 0 aromatic heterocycles. The lowest BCUT2D eigenvalue weighted by Crippen LogP contribution is -2.44. The second-order valence-electron chi connectivity index (χ2n) is 5.46. The van der Waals surface area contributed by atoms with Gasteiger partial charge in [-0.1, -0.05) is 29.8 Å². The number of benzene rings is 1. The van der Waals surface area contributed by atoms with E-state index in [0.717, 1.165) is 51.3 Å². The number of nitrogens with zero attached hydrogens (tertiary/aromatic N) is 1. The highest BCUT2D eigenvalue weighted by atomic mass is 16.1. The van der Waals surface area contributed by atoms with E-state index in [0.29, 0.717) is 6.42 Å². The fourth-order valence-corrected chi connectivity index (χ4v) is 2.54. The molecule has 2 rings (SSSR count). The minimum Gasteiger partial charge on any atom is -0.356 e. The number of hydrogen-bond donors (Lipinski definition) is 2. The first kappa shape index (κ1) is 15.0. The molecule has 1 aromatic rings. The van der Waals surface area contributed by atoms with E-state index in [9.17, 15) is 4.79 Å². The summed E-state index contributed by atoms with van der Waals surface area (Å²) >= 11 is 0. The molecular weight excluding hydrogens is 250 g/mol. The van der Waals surface area contributed by atoms with Crippen molar-refractivity contribution < 1.29 is 4.79 Å². The van der Waals surface area contributed by atoms with Gasteiger partial charge in [0.15, 0.2) is 0 Å². The molecule has 1 saturated heterocycles. The van der Waals surface area contributed by atoms with Crippen molar-refractivity contribution in [2.75, 3.05) is 39.3 Å². The first-order chi connectivity index (χ1) is 9.74. The highest BCUT2D eigenvalue weighted by Gasteiger charge is 2.08. The molecule has 4 nitrogen and oxygen atoms in total. The molecule has 20 heavy (non-hydrogen) atoms. The largest absolute Gasteiger partial charge is 0.356 e. The Hall–Kier alpha value is -1.39. The third-order valence-corrected chi connectivity index (χ3v) is 3.63. The Morgan fingerprint density at radius 3 is 2.90 bits per heavy atom. The van der Waals surface area contributed by atoms with Crippen LogP contribution in [-0.2, 0) is 11.2 Å². The van der Waals surface area contributed by atoms with Gasteiger partial charge in [0.05, 0.1) is 6.42 Å². The summed E-state index contributed by atoms with van der Waals surface area (Å²) in [5, 5.41) is 6.35. The number of aryl methyl sites for hydroxylation is 1. The van der Waals surface area contributed by atoms with Gasteiger partial charge >= 0.3 is 0 Å². The minimum atomic E-state index is 0.121. The smallest absolute Gasteiger partial charge is 0.224 e. The first-order valence-electron chi connectivity index (χ1n) is 7.49. The summed E-state index contributed by atoms with van der Waals surface area (Å²) in [6.45, 7) is 8.31. The van der Waals surface area contributed by atoms with Crippen LogP contribution in [0.2, 0.25) is 0 Å². The number of rotatable bonds is 6. The fraction of sp³-hybridized carbons (Fsp3) is 0.562. The quantitative estimate of drug-likeness (QED) is 0.760. The van der Waals surface area contributed by atoms with Crippen molar-refractivity contribution in [1.29, 1.82) is 0 Å². The molecule has 1 heterocycles. The van der Waals surface area contributed by atoms with Crippen LogP contribution in [0.4, 0.5) is 0 Å². The molecular formula is C16H25N3O. The van der Waals surface area contributed by atoms with Crippen molar-refractivity contribution in [3.8, 4) is 0 Å². The summed E-state index contributed by atoms with van der Waals surface area (Å²) in [7, 11) is 0. The number of carbonyl (C=O) groups is 1. The maximum Gasteiger partial charge on any atom is 0.224 e. The van der Waals surface area contributed by atoms with Gasteiger partial charge in [-0.2, -0.15) is 0 Å². The van der Waals surface area contributed by atoms with Crippen LogP contribution in [0.5, 0.6) is 0 Å². The predicted molar refractivity (Wildman–Crippen MR) is 81.8 cm³/mol. The molecule has 0 radical (unpaired) electrons. The summed E-state index contributed by atoms with van der Waals surface area (Å²) in [5.41, 5.74) is 2.29. The van der Waals surface area contributed by atoms with E-state index in [1.165, 1.54) is 5.56 Å². The second-order valence-corrected chi connectivity index (χ2v) is 5.46. The molecule has 110 valence electrons. The lowest BCUT2D eigenvalue weighted by molar-refractivity contribution is -0.120. The number of nitrogens with one attached hydrogen (secondary N) is 2. The van der Waals surface area contributed by atoms with Gasteiger partial charge in [0, 0.05) is 32.7 Å². The molecule has 1 amide bonds. The molecule has 0 bridgehead atoms. The van der Waals surface area contributed by atoms with E-state index in [-0.39, 0.29) is 5.91 Å². The molecule has 0 atom stereocenters. The molecule has 2 N–H and O–H groups in total. The van der Waals surface area contributed by atoms with E-state index in [1.54, 1.807) is 0 Å². The zero-order valence-electron chi connectivity index (χ0n) is 12.3. The monoisotopic (exact) mass is 275 g/mol. The van der Waals surface area contributed by atoms with Crippen molar-refractivity contribution in [1.82, 2.24) is 15.5 Å². The molecule has 0 saturated carbocycles. The van der Waals surface area contributed by atoms with Gasteiger partial charge in [0.25, 0.3) is 0 Å². The van der Waals surface area contributed by atoms with Crippen molar-refractivity contribution in [3.63, 3.8) is 0 Å². The molecule has 1 aliphatic heterocycles. The average molecular weight is 275 g/mol. The second kappa shape index (κ2) is 8.02.